The first-order valence-corrected chi connectivity index (χ1v) is 5.66. The fourth-order valence-electron chi connectivity index (χ4n) is 2.71. The zero-order valence-corrected chi connectivity index (χ0v) is 9.18. The molecule has 3 nitrogen and oxygen atoms in total. The summed E-state index contributed by atoms with van der Waals surface area (Å²) in [5, 5.41) is 2.97. The van der Waals surface area contributed by atoms with Crippen molar-refractivity contribution in [2.75, 3.05) is 19.6 Å². The molecule has 1 amide bonds. The van der Waals surface area contributed by atoms with Crippen molar-refractivity contribution in [2.24, 2.45) is 5.41 Å². The van der Waals surface area contributed by atoms with Crippen LogP contribution in [0.1, 0.15) is 33.1 Å². The van der Waals surface area contributed by atoms with Crippen molar-refractivity contribution in [3.8, 4) is 0 Å². The third-order valence-corrected chi connectivity index (χ3v) is 3.71. The van der Waals surface area contributed by atoms with Crippen LogP contribution in [0.2, 0.25) is 0 Å². The third kappa shape index (κ3) is 1.54. The Morgan fingerprint density at radius 3 is 2.79 bits per heavy atom. The van der Waals surface area contributed by atoms with Crippen molar-refractivity contribution in [2.45, 2.75) is 39.2 Å². The summed E-state index contributed by atoms with van der Waals surface area (Å²) in [6, 6.07) is 0.570. The Morgan fingerprint density at radius 1 is 1.43 bits per heavy atom. The molecule has 0 aromatic carbocycles. The Labute approximate surface area is 85.8 Å². The molecule has 2 fully saturated rings. The topological polar surface area (TPSA) is 32.3 Å². The Balaban J connectivity index is 2.09. The molecular formula is C11H20N2O. The van der Waals surface area contributed by atoms with Crippen LogP contribution in [-0.4, -0.2) is 36.5 Å². The van der Waals surface area contributed by atoms with Gasteiger partial charge in [0.1, 0.15) is 0 Å². The van der Waals surface area contributed by atoms with E-state index in [0.717, 1.165) is 32.5 Å². The number of likely N-dealkylation sites (tertiary alicyclic amines) is 1. The van der Waals surface area contributed by atoms with Gasteiger partial charge in [-0.05, 0) is 39.7 Å². The average molecular weight is 196 g/mol. The minimum Gasteiger partial charge on any atom is -0.356 e. The van der Waals surface area contributed by atoms with E-state index < -0.39 is 0 Å². The van der Waals surface area contributed by atoms with E-state index in [9.17, 15) is 4.79 Å². The minimum atomic E-state index is -0.0392. The number of hydrogen-bond donors (Lipinski definition) is 1. The summed E-state index contributed by atoms with van der Waals surface area (Å²) in [5.41, 5.74) is -0.0392. The summed E-state index contributed by atoms with van der Waals surface area (Å²) in [5.74, 6) is 0.294. The fourth-order valence-corrected chi connectivity index (χ4v) is 2.71. The van der Waals surface area contributed by atoms with Crippen LogP contribution < -0.4 is 5.32 Å². The van der Waals surface area contributed by atoms with Gasteiger partial charge in [0.25, 0.3) is 0 Å². The largest absolute Gasteiger partial charge is 0.356 e. The molecule has 0 saturated carbocycles. The lowest BCUT2D eigenvalue weighted by Crippen LogP contribution is -2.49. The lowest BCUT2D eigenvalue weighted by atomic mass is 9.78. The van der Waals surface area contributed by atoms with Crippen molar-refractivity contribution < 1.29 is 4.79 Å². The van der Waals surface area contributed by atoms with Gasteiger partial charge in [-0.1, -0.05) is 0 Å². The van der Waals surface area contributed by atoms with Gasteiger partial charge in [-0.3, -0.25) is 9.69 Å². The Hall–Kier alpha value is -0.570. The smallest absolute Gasteiger partial charge is 0.227 e. The maximum absolute atomic E-state index is 11.8. The highest BCUT2D eigenvalue weighted by Gasteiger charge is 2.45. The van der Waals surface area contributed by atoms with Gasteiger partial charge in [0.05, 0.1) is 5.41 Å². The molecule has 0 radical (unpaired) electrons. The van der Waals surface area contributed by atoms with Crippen molar-refractivity contribution in [1.29, 1.82) is 0 Å². The van der Waals surface area contributed by atoms with E-state index in [1.165, 1.54) is 6.42 Å². The quantitative estimate of drug-likeness (QED) is 0.678. The molecule has 1 unspecified atom stereocenters. The second-order valence-corrected chi connectivity index (χ2v) is 4.95. The molecule has 1 N–H and O–H groups in total. The zero-order chi connectivity index (χ0) is 10.2. The van der Waals surface area contributed by atoms with E-state index in [1.807, 2.05) is 0 Å². The highest BCUT2D eigenvalue weighted by Crippen LogP contribution is 2.36. The highest BCUT2D eigenvalue weighted by atomic mass is 16.2. The number of hydrogen-bond acceptors (Lipinski definition) is 2. The van der Waals surface area contributed by atoms with Crippen LogP contribution in [0.25, 0.3) is 0 Å². The monoisotopic (exact) mass is 196 g/mol. The summed E-state index contributed by atoms with van der Waals surface area (Å²) < 4.78 is 0. The van der Waals surface area contributed by atoms with Crippen LogP contribution in [0, 0.1) is 5.41 Å². The molecule has 0 aromatic heterocycles. The minimum absolute atomic E-state index is 0.0392. The number of carbonyl (C=O) groups is 1. The van der Waals surface area contributed by atoms with Gasteiger partial charge in [0, 0.05) is 19.1 Å². The predicted octanol–water partition coefficient (Wildman–Crippen LogP) is 0.997. The Morgan fingerprint density at radius 2 is 2.21 bits per heavy atom. The maximum atomic E-state index is 11.8. The van der Waals surface area contributed by atoms with Gasteiger partial charge in [0.15, 0.2) is 0 Å². The van der Waals surface area contributed by atoms with E-state index in [0.29, 0.717) is 11.9 Å². The second-order valence-electron chi connectivity index (χ2n) is 4.95. The van der Waals surface area contributed by atoms with Crippen LogP contribution in [0.3, 0.4) is 0 Å². The van der Waals surface area contributed by atoms with Crippen LogP contribution in [0.4, 0.5) is 0 Å². The average Bonchev–Trinajstić information content (AvgIpc) is 2.48. The molecule has 3 heteroatoms. The SMILES string of the molecule is CC(C)N1CCCC2(CCNC2=O)C1. The summed E-state index contributed by atoms with van der Waals surface area (Å²) in [6.07, 6.45) is 3.29. The van der Waals surface area contributed by atoms with Crippen LogP contribution in [0.5, 0.6) is 0 Å². The van der Waals surface area contributed by atoms with Crippen LogP contribution in [-0.2, 0) is 4.79 Å². The standard InChI is InChI=1S/C11H20N2O/c1-9(2)13-7-3-4-11(8-13)5-6-12-10(11)14/h9H,3-8H2,1-2H3,(H,12,14). The molecule has 0 aromatic rings. The van der Waals surface area contributed by atoms with Crippen molar-refractivity contribution >= 4 is 5.91 Å². The van der Waals surface area contributed by atoms with Gasteiger partial charge in [-0.2, -0.15) is 0 Å². The number of amides is 1. The molecule has 2 rings (SSSR count). The van der Waals surface area contributed by atoms with Crippen LogP contribution >= 0.6 is 0 Å². The number of rotatable bonds is 1. The third-order valence-electron chi connectivity index (χ3n) is 3.71. The normalized spacial score (nSPS) is 34.1. The van der Waals surface area contributed by atoms with Crippen molar-refractivity contribution in [1.82, 2.24) is 10.2 Å². The molecule has 1 spiro atoms. The van der Waals surface area contributed by atoms with Crippen molar-refractivity contribution in [3.05, 3.63) is 0 Å². The highest BCUT2D eigenvalue weighted by molar-refractivity contribution is 5.85. The number of nitrogens with zero attached hydrogens (tertiary/aromatic N) is 1. The number of piperidine rings is 1. The van der Waals surface area contributed by atoms with Gasteiger partial charge in [0.2, 0.25) is 5.91 Å². The molecule has 0 bridgehead atoms. The molecule has 2 aliphatic heterocycles. The van der Waals surface area contributed by atoms with E-state index in [2.05, 4.69) is 24.1 Å². The Bertz CT molecular complexity index is 239. The lowest BCUT2D eigenvalue weighted by Gasteiger charge is -2.40. The number of nitrogens with one attached hydrogen (secondary N) is 1. The van der Waals surface area contributed by atoms with Gasteiger partial charge in [-0.25, -0.2) is 0 Å². The molecule has 0 aliphatic carbocycles. The lowest BCUT2D eigenvalue weighted by molar-refractivity contribution is -0.130. The predicted molar refractivity (Wildman–Crippen MR) is 56.0 cm³/mol. The second kappa shape index (κ2) is 3.54. The van der Waals surface area contributed by atoms with E-state index >= 15 is 0 Å². The molecule has 2 saturated heterocycles. The summed E-state index contributed by atoms with van der Waals surface area (Å²) in [7, 11) is 0. The molecule has 2 heterocycles. The van der Waals surface area contributed by atoms with Gasteiger partial charge >= 0.3 is 0 Å². The summed E-state index contributed by atoms with van der Waals surface area (Å²) >= 11 is 0. The maximum Gasteiger partial charge on any atom is 0.227 e. The van der Waals surface area contributed by atoms with E-state index in [4.69, 9.17) is 0 Å². The zero-order valence-electron chi connectivity index (χ0n) is 9.18. The number of carbonyl (C=O) groups excluding carboxylic acids is 1. The molecule has 1 atom stereocenters. The van der Waals surface area contributed by atoms with E-state index in [-0.39, 0.29) is 5.41 Å². The van der Waals surface area contributed by atoms with Crippen LogP contribution in [0.15, 0.2) is 0 Å². The first-order chi connectivity index (χ1) is 6.64. The summed E-state index contributed by atoms with van der Waals surface area (Å²) in [4.78, 5) is 14.2. The van der Waals surface area contributed by atoms with E-state index in [1.54, 1.807) is 0 Å². The van der Waals surface area contributed by atoms with Gasteiger partial charge < -0.3 is 5.32 Å². The van der Waals surface area contributed by atoms with Crippen molar-refractivity contribution in [3.63, 3.8) is 0 Å². The molecule has 2 aliphatic rings. The Kier molecular flexibility index (Phi) is 2.52. The molecular weight excluding hydrogens is 176 g/mol. The molecule has 80 valence electrons. The van der Waals surface area contributed by atoms with Gasteiger partial charge in [-0.15, -0.1) is 0 Å². The molecule has 14 heavy (non-hydrogen) atoms. The first-order valence-electron chi connectivity index (χ1n) is 5.66. The summed E-state index contributed by atoms with van der Waals surface area (Å²) in [6.45, 7) is 7.44. The fraction of sp³-hybridized carbons (Fsp3) is 0.909. The first kappa shape index (κ1) is 9.97.